The molecule has 3 aromatic carbocycles. The van der Waals surface area contributed by atoms with E-state index in [1.165, 1.54) is 0 Å². The Morgan fingerprint density at radius 1 is 0.846 bits per heavy atom. The van der Waals surface area contributed by atoms with Crippen molar-refractivity contribution in [1.82, 2.24) is 5.32 Å². The van der Waals surface area contributed by atoms with E-state index in [2.05, 4.69) is 10.6 Å². The Hall–Kier alpha value is -3.18. The van der Waals surface area contributed by atoms with Gasteiger partial charge in [-0.05, 0) is 67.7 Å². The highest BCUT2D eigenvalue weighted by Crippen LogP contribution is 2.22. The van der Waals surface area contributed by atoms with E-state index in [1.807, 2.05) is 73.7 Å². The molecule has 0 aromatic heterocycles. The zero-order chi connectivity index (χ0) is 18.4. The predicted octanol–water partition coefficient (Wildman–Crippen LogP) is 4.91. The zero-order valence-corrected chi connectivity index (χ0v) is 15.0. The predicted molar refractivity (Wildman–Crippen MR) is 108 cm³/mol. The first-order valence-electron chi connectivity index (χ1n) is 8.12. The quantitative estimate of drug-likeness (QED) is 0.647. The third-order valence-corrected chi connectivity index (χ3v) is 3.84. The van der Waals surface area contributed by atoms with Crippen LogP contribution >= 0.6 is 12.2 Å². The fourth-order valence-electron chi connectivity index (χ4n) is 2.27. The van der Waals surface area contributed by atoms with Gasteiger partial charge in [-0.2, -0.15) is 0 Å². The Bertz CT molecular complexity index is 892. The van der Waals surface area contributed by atoms with E-state index in [4.69, 9.17) is 17.0 Å². The number of benzene rings is 3. The molecule has 0 saturated heterocycles. The maximum Gasteiger partial charge on any atom is 0.257 e. The van der Waals surface area contributed by atoms with Gasteiger partial charge in [0, 0.05) is 11.3 Å². The molecule has 0 bridgehead atoms. The molecule has 4 nitrogen and oxygen atoms in total. The van der Waals surface area contributed by atoms with Gasteiger partial charge in [-0.3, -0.25) is 10.1 Å². The highest BCUT2D eigenvalue weighted by Gasteiger charge is 2.07. The van der Waals surface area contributed by atoms with Crippen LogP contribution in [0.5, 0.6) is 11.5 Å². The molecule has 0 radical (unpaired) electrons. The van der Waals surface area contributed by atoms with Crippen molar-refractivity contribution in [2.75, 3.05) is 5.32 Å². The fraction of sp³-hybridized carbons (Fsp3) is 0.0476. The van der Waals surface area contributed by atoms with Crippen LogP contribution in [0.2, 0.25) is 0 Å². The summed E-state index contributed by atoms with van der Waals surface area (Å²) in [6.45, 7) is 1.97. The molecule has 3 rings (SSSR count). The first-order valence-corrected chi connectivity index (χ1v) is 8.53. The minimum absolute atomic E-state index is 0.243. The first kappa shape index (κ1) is 17.6. The standard InChI is InChI=1S/C21H18N2O2S/c1-15-7-9-16(10-8-15)20(24)23-21(26)22-17-11-13-19(14-12-17)25-18-5-3-2-4-6-18/h2-14H,1H3,(H2,22,23,24,26). The molecule has 0 fully saturated rings. The maximum atomic E-state index is 12.2. The highest BCUT2D eigenvalue weighted by atomic mass is 32.1. The van der Waals surface area contributed by atoms with E-state index < -0.39 is 0 Å². The van der Waals surface area contributed by atoms with Gasteiger partial charge in [-0.1, -0.05) is 35.9 Å². The van der Waals surface area contributed by atoms with Gasteiger partial charge in [0.15, 0.2) is 5.11 Å². The molecule has 3 aromatic rings. The fourth-order valence-corrected chi connectivity index (χ4v) is 2.48. The molecular formula is C21H18N2O2S. The molecule has 0 saturated carbocycles. The molecule has 5 heteroatoms. The van der Waals surface area contributed by atoms with Crippen LogP contribution in [-0.4, -0.2) is 11.0 Å². The van der Waals surface area contributed by atoms with E-state index in [1.54, 1.807) is 12.1 Å². The van der Waals surface area contributed by atoms with Gasteiger partial charge in [0.2, 0.25) is 0 Å². The number of rotatable bonds is 4. The Balaban J connectivity index is 1.55. The molecule has 0 unspecified atom stereocenters. The second-order valence-corrected chi connectivity index (χ2v) is 6.12. The van der Waals surface area contributed by atoms with Crippen LogP contribution in [-0.2, 0) is 0 Å². The lowest BCUT2D eigenvalue weighted by Crippen LogP contribution is -2.34. The minimum atomic E-state index is -0.244. The molecule has 130 valence electrons. The van der Waals surface area contributed by atoms with Crippen molar-refractivity contribution in [3.05, 3.63) is 90.0 Å². The number of hydrogen-bond acceptors (Lipinski definition) is 3. The molecule has 0 heterocycles. The topological polar surface area (TPSA) is 50.4 Å². The van der Waals surface area contributed by atoms with Crippen molar-refractivity contribution >= 4 is 28.9 Å². The Morgan fingerprint density at radius 3 is 2.12 bits per heavy atom. The van der Waals surface area contributed by atoms with E-state index in [0.29, 0.717) is 5.56 Å². The van der Waals surface area contributed by atoms with Crippen LogP contribution in [0.3, 0.4) is 0 Å². The van der Waals surface area contributed by atoms with Crippen molar-refractivity contribution in [3.63, 3.8) is 0 Å². The largest absolute Gasteiger partial charge is 0.457 e. The van der Waals surface area contributed by atoms with Crippen LogP contribution in [0, 0.1) is 6.92 Å². The first-order chi connectivity index (χ1) is 12.6. The number of amides is 1. The lowest BCUT2D eigenvalue weighted by atomic mass is 10.1. The molecule has 26 heavy (non-hydrogen) atoms. The van der Waals surface area contributed by atoms with Crippen molar-refractivity contribution in [2.24, 2.45) is 0 Å². The van der Waals surface area contributed by atoms with Crippen LogP contribution in [0.1, 0.15) is 15.9 Å². The zero-order valence-electron chi connectivity index (χ0n) is 14.2. The maximum absolute atomic E-state index is 12.2. The number of anilines is 1. The van der Waals surface area contributed by atoms with E-state index in [0.717, 1.165) is 22.7 Å². The summed E-state index contributed by atoms with van der Waals surface area (Å²) in [4.78, 5) is 12.2. The summed E-state index contributed by atoms with van der Waals surface area (Å²) < 4.78 is 5.74. The van der Waals surface area contributed by atoms with Gasteiger partial charge in [0.05, 0.1) is 0 Å². The van der Waals surface area contributed by atoms with Crippen LogP contribution in [0.4, 0.5) is 5.69 Å². The van der Waals surface area contributed by atoms with Crippen LogP contribution in [0.25, 0.3) is 0 Å². The van der Waals surface area contributed by atoms with Crippen LogP contribution < -0.4 is 15.4 Å². The molecule has 2 N–H and O–H groups in total. The third kappa shape index (κ3) is 4.91. The summed E-state index contributed by atoms with van der Waals surface area (Å²) in [5.74, 6) is 1.25. The van der Waals surface area contributed by atoms with Gasteiger partial charge >= 0.3 is 0 Å². The summed E-state index contributed by atoms with van der Waals surface area (Å²) in [6.07, 6.45) is 0. The second-order valence-electron chi connectivity index (χ2n) is 5.71. The smallest absolute Gasteiger partial charge is 0.257 e. The average molecular weight is 362 g/mol. The number of nitrogens with one attached hydrogen (secondary N) is 2. The second kappa shape index (κ2) is 8.27. The number of para-hydroxylation sites is 1. The van der Waals surface area contributed by atoms with Gasteiger partial charge < -0.3 is 10.1 Å². The SMILES string of the molecule is Cc1ccc(C(=O)NC(=S)Nc2ccc(Oc3ccccc3)cc2)cc1. The molecule has 0 aliphatic carbocycles. The monoisotopic (exact) mass is 362 g/mol. The van der Waals surface area contributed by atoms with Gasteiger partial charge in [0.25, 0.3) is 5.91 Å². The normalized spacial score (nSPS) is 10.0. The molecule has 0 atom stereocenters. The third-order valence-electron chi connectivity index (χ3n) is 3.63. The lowest BCUT2D eigenvalue weighted by Gasteiger charge is -2.11. The number of ether oxygens (including phenoxy) is 1. The summed E-state index contributed by atoms with van der Waals surface area (Å²) >= 11 is 5.20. The Kier molecular flexibility index (Phi) is 5.61. The van der Waals surface area contributed by atoms with Gasteiger partial charge in [0.1, 0.15) is 11.5 Å². The van der Waals surface area contributed by atoms with Crippen molar-refractivity contribution in [2.45, 2.75) is 6.92 Å². The van der Waals surface area contributed by atoms with E-state index >= 15 is 0 Å². The van der Waals surface area contributed by atoms with E-state index in [-0.39, 0.29) is 11.0 Å². The highest BCUT2D eigenvalue weighted by molar-refractivity contribution is 7.80. The number of hydrogen-bond donors (Lipinski definition) is 2. The number of carbonyl (C=O) groups excluding carboxylic acids is 1. The summed E-state index contributed by atoms with van der Waals surface area (Å²) in [5.41, 5.74) is 2.42. The molecule has 0 spiro atoms. The van der Waals surface area contributed by atoms with Gasteiger partial charge in [-0.15, -0.1) is 0 Å². The average Bonchev–Trinajstić information content (AvgIpc) is 2.64. The van der Waals surface area contributed by atoms with Gasteiger partial charge in [-0.25, -0.2) is 0 Å². The minimum Gasteiger partial charge on any atom is -0.457 e. The van der Waals surface area contributed by atoms with Crippen molar-refractivity contribution < 1.29 is 9.53 Å². The van der Waals surface area contributed by atoms with E-state index in [9.17, 15) is 4.79 Å². The van der Waals surface area contributed by atoms with Crippen molar-refractivity contribution in [3.8, 4) is 11.5 Å². The number of thiocarbonyl (C=S) groups is 1. The molecule has 0 aliphatic rings. The molecule has 1 amide bonds. The van der Waals surface area contributed by atoms with Crippen LogP contribution in [0.15, 0.2) is 78.9 Å². The molecular weight excluding hydrogens is 344 g/mol. The lowest BCUT2D eigenvalue weighted by molar-refractivity contribution is 0.0977. The summed E-state index contributed by atoms with van der Waals surface area (Å²) in [7, 11) is 0. The summed E-state index contributed by atoms with van der Waals surface area (Å²) in [5, 5.41) is 5.90. The number of carbonyl (C=O) groups is 1. The van der Waals surface area contributed by atoms with Crippen molar-refractivity contribution in [1.29, 1.82) is 0 Å². The number of aryl methyl sites for hydroxylation is 1. The Labute approximate surface area is 157 Å². The Morgan fingerprint density at radius 2 is 1.46 bits per heavy atom. The molecule has 0 aliphatic heterocycles. The summed E-state index contributed by atoms with van der Waals surface area (Å²) in [6, 6.07) is 24.2.